The number of fused-ring (bicyclic) bond motifs is 1. The van der Waals surface area contributed by atoms with Gasteiger partial charge in [-0.15, -0.1) is 0 Å². The van der Waals surface area contributed by atoms with Crippen molar-refractivity contribution in [2.45, 2.75) is 18.1 Å². The van der Waals surface area contributed by atoms with Gasteiger partial charge in [0.1, 0.15) is 5.60 Å². The zero-order chi connectivity index (χ0) is 14.0. The number of aliphatic hydroxyl groups is 2. The molecule has 0 bridgehead atoms. The summed E-state index contributed by atoms with van der Waals surface area (Å²) in [7, 11) is 0. The van der Waals surface area contributed by atoms with E-state index in [0.717, 1.165) is 5.56 Å². The number of aliphatic hydroxyl groups excluding tert-OH is 1. The Morgan fingerprint density at radius 1 is 1.30 bits per heavy atom. The highest BCUT2D eigenvalue weighted by atomic mass is 16.7. The average molecular weight is 281 g/mol. The zero-order valence-electron chi connectivity index (χ0n) is 11.2. The molecule has 0 radical (unpaired) electrons. The molecule has 3 rings (SSSR count). The molecular weight excluding hydrogens is 262 g/mol. The number of hydrogen-bond acceptors (Lipinski definition) is 6. The molecular formula is C14H19NO5. The topological polar surface area (TPSA) is 80.2 Å². The second-order valence-corrected chi connectivity index (χ2v) is 5.29. The Morgan fingerprint density at radius 2 is 2.15 bits per heavy atom. The van der Waals surface area contributed by atoms with Crippen LogP contribution in [-0.4, -0.2) is 48.9 Å². The highest BCUT2D eigenvalue weighted by Gasteiger charge is 2.31. The van der Waals surface area contributed by atoms with Crippen LogP contribution in [0, 0.1) is 0 Å². The Morgan fingerprint density at radius 3 is 2.95 bits per heavy atom. The van der Waals surface area contributed by atoms with Gasteiger partial charge in [0.05, 0.1) is 12.7 Å². The summed E-state index contributed by atoms with van der Waals surface area (Å²) in [5, 5.41) is 23.3. The maximum atomic E-state index is 10.1. The maximum Gasteiger partial charge on any atom is 0.231 e. The Bertz CT molecular complexity index is 473. The smallest absolute Gasteiger partial charge is 0.231 e. The molecule has 1 saturated heterocycles. The summed E-state index contributed by atoms with van der Waals surface area (Å²) >= 11 is 0. The molecule has 2 aliphatic rings. The van der Waals surface area contributed by atoms with E-state index < -0.39 is 11.7 Å². The molecule has 2 heterocycles. The molecule has 0 saturated carbocycles. The van der Waals surface area contributed by atoms with Crippen molar-refractivity contribution in [2.75, 3.05) is 33.1 Å². The molecule has 6 nitrogen and oxygen atoms in total. The van der Waals surface area contributed by atoms with E-state index in [4.69, 9.17) is 14.2 Å². The lowest BCUT2D eigenvalue weighted by atomic mass is 10.0. The summed E-state index contributed by atoms with van der Waals surface area (Å²) in [6.45, 7) is 1.93. The Balaban J connectivity index is 1.52. The second-order valence-electron chi connectivity index (χ2n) is 5.29. The van der Waals surface area contributed by atoms with E-state index in [1.54, 1.807) is 12.1 Å². The second kappa shape index (κ2) is 5.57. The fraction of sp³-hybridized carbons (Fsp3) is 0.571. The minimum absolute atomic E-state index is 0.222. The van der Waals surface area contributed by atoms with Crippen molar-refractivity contribution in [1.82, 2.24) is 5.32 Å². The van der Waals surface area contributed by atoms with Crippen LogP contribution in [0.15, 0.2) is 18.2 Å². The molecule has 2 aliphatic heterocycles. The van der Waals surface area contributed by atoms with Crippen molar-refractivity contribution < 1.29 is 24.4 Å². The van der Waals surface area contributed by atoms with E-state index in [0.29, 0.717) is 44.2 Å². The fourth-order valence-electron chi connectivity index (χ4n) is 2.42. The predicted molar refractivity (Wildman–Crippen MR) is 70.8 cm³/mol. The van der Waals surface area contributed by atoms with E-state index >= 15 is 0 Å². The predicted octanol–water partition coefficient (Wildman–Crippen LogP) is 0.190. The lowest BCUT2D eigenvalue weighted by Gasteiger charge is -2.22. The lowest BCUT2D eigenvalue weighted by molar-refractivity contribution is 0.0244. The van der Waals surface area contributed by atoms with Gasteiger partial charge in [-0.05, 0) is 17.7 Å². The van der Waals surface area contributed by atoms with Gasteiger partial charge in [0.2, 0.25) is 6.79 Å². The lowest BCUT2D eigenvalue weighted by Crippen LogP contribution is -2.42. The first-order valence-electron chi connectivity index (χ1n) is 6.75. The van der Waals surface area contributed by atoms with Crippen LogP contribution < -0.4 is 14.8 Å². The van der Waals surface area contributed by atoms with Gasteiger partial charge in [-0.2, -0.15) is 0 Å². The molecule has 0 amide bonds. The van der Waals surface area contributed by atoms with Crippen LogP contribution in [0.3, 0.4) is 0 Å². The molecule has 0 aliphatic carbocycles. The molecule has 110 valence electrons. The molecule has 2 atom stereocenters. The first-order chi connectivity index (χ1) is 9.66. The molecule has 1 aromatic rings. The zero-order valence-corrected chi connectivity index (χ0v) is 11.2. The summed E-state index contributed by atoms with van der Waals surface area (Å²) in [4.78, 5) is 0. The van der Waals surface area contributed by atoms with Crippen LogP contribution in [0.2, 0.25) is 0 Å². The SMILES string of the molecule is OC(CNCC1(O)CCOC1)c1ccc2c(c1)OCO2. The van der Waals surface area contributed by atoms with Crippen molar-refractivity contribution in [1.29, 1.82) is 0 Å². The van der Waals surface area contributed by atoms with Crippen molar-refractivity contribution in [3.8, 4) is 11.5 Å². The van der Waals surface area contributed by atoms with Gasteiger partial charge in [0, 0.05) is 26.1 Å². The quantitative estimate of drug-likeness (QED) is 0.715. The van der Waals surface area contributed by atoms with Crippen LogP contribution in [0.5, 0.6) is 11.5 Å². The van der Waals surface area contributed by atoms with Gasteiger partial charge in [0.15, 0.2) is 11.5 Å². The average Bonchev–Trinajstić information content (AvgIpc) is 3.06. The number of hydrogen-bond donors (Lipinski definition) is 3. The third-order valence-electron chi connectivity index (χ3n) is 3.66. The Labute approximate surface area is 117 Å². The first kappa shape index (κ1) is 13.6. The van der Waals surface area contributed by atoms with E-state index in [1.165, 1.54) is 0 Å². The standard InChI is InChI=1S/C14H19NO5/c16-11(6-15-7-14(17)3-4-18-8-14)10-1-2-12-13(5-10)20-9-19-12/h1-2,5,11,15-17H,3-4,6-9H2. The molecule has 20 heavy (non-hydrogen) atoms. The monoisotopic (exact) mass is 281 g/mol. The van der Waals surface area contributed by atoms with E-state index in [9.17, 15) is 10.2 Å². The van der Waals surface area contributed by atoms with Crippen molar-refractivity contribution in [2.24, 2.45) is 0 Å². The first-order valence-corrected chi connectivity index (χ1v) is 6.75. The summed E-state index contributed by atoms with van der Waals surface area (Å²) in [5.74, 6) is 1.36. The minimum atomic E-state index is -0.811. The van der Waals surface area contributed by atoms with Crippen LogP contribution in [0.25, 0.3) is 0 Å². The number of rotatable bonds is 5. The molecule has 2 unspecified atom stereocenters. The minimum Gasteiger partial charge on any atom is -0.454 e. The van der Waals surface area contributed by atoms with Crippen molar-refractivity contribution >= 4 is 0 Å². The number of benzene rings is 1. The molecule has 0 aromatic heterocycles. The third-order valence-corrected chi connectivity index (χ3v) is 3.66. The molecule has 3 N–H and O–H groups in total. The summed E-state index contributed by atoms with van der Waals surface area (Å²) < 4.78 is 15.7. The normalized spacial score (nSPS) is 25.9. The molecule has 1 aromatic carbocycles. The molecule has 6 heteroatoms. The molecule has 0 spiro atoms. The van der Waals surface area contributed by atoms with Crippen LogP contribution >= 0.6 is 0 Å². The largest absolute Gasteiger partial charge is 0.454 e. The highest BCUT2D eigenvalue weighted by molar-refractivity contribution is 5.45. The number of ether oxygens (including phenoxy) is 3. The van der Waals surface area contributed by atoms with Gasteiger partial charge in [-0.3, -0.25) is 0 Å². The third kappa shape index (κ3) is 2.88. The van der Waals surface area contributed by atoms with Crippen LogP contribution in [0.4, 0.5) is 0 Å². The van der Waals surface area contributed by atoms with Crippen LogP contribution in [-0.2, 0) is 4.74 Å². The van der Waals surface area contributed by atoms with Crippen LogP contribution in [0.1, 0.15) is 18.1 Å². The summed E-state index contributed by atoms with van der Waals surface area (Å²) in [6, 6.07) is 5.38. The molecule has 1 fully saturated rings. The summed E-state index contributed by atoms with van der Waals surface area (Å²) in [5.41, 5.74) is -0.0503. The van der Waals surface area contributed by atoms with Gasteiger partial charge in [-0.1, -0.05) is 6.07 Å². The van der Waals surface area contributed by atoms with Gasteiger partial charge in [0.25, 0.3) is 0 Å². The highest BCUT2D eigenvalue weighted by Crippen LogP contribution is 2.34. The van der Waals surface area contributed by atoms with Crippen molar-refractivity contribution in [3.05, 3.63) is 23.8 Å². The van der Waals surface area contributed by atoms with Gasteiger partial charge in [-0.25, -0.2) is 0 Å². The van der Waals surface area contributed by atoms with E-state index in [-0.39, 0.29) is 6.79 Å². The van der Waals surface area contributed by atoms with E-state index in [1.807, 2.05) is 6.07 Å². The Kier molecular flexibility index (Phi) is 3.80. The van der Waals surface area contributed by atoms with Gasteiger partial charge < -0.3 is 29.7 Å². The maximum absolute atomic E-state index is 10.1. The Hall–Kier alpha value is -1.34. The summed E-state index contributed by atoms with van der Waals surface area (Å²) in [6.07, 6.45) is -0.0319. The van der Waals surface area contributed by atoms with Gasteiger partial charge >= 0.3 is 0 Å². The van der Waals surface area contributed by atoms with E-state index in [2.05, 4.69) is 5.32 Å². The number of nitrogens with one attached hydrogen (secondary N) is 1. The van der Waals surface area contributed by atoms with Crippen molar-refractivity contribution in [3.63, 3.8) is 0 Å². The fourth-order valence-corrected chi connectivity index (χ4v) is 2.42.